The van der Waals surface area contributed by atoms with Crippen LogP contribution in [0.5, 0.6) is 0 Å². The van der Waals surface area contributed by atoms with Gasteiger partial charge in [0.25, 0.3) is 0 Å². The quantitative estimate of drug-likeness (QED) is 0.527. The Labute approximate surface area is 73.9 Å². The first-order valence-corrected chi connectivity index (χ1v) is 5.33. The van der Waals surface area contributed by atoms with Crippen LogP contribution in [0.25, 0.3) is 10.5 Å². The van der Waals surface area contributed by atoms with Crippen molar-refractivity contribution in [3.63, 3.8) is 0 Å². The fraction of sp³-hybridized carbons (Fsp3) is 0. The molecule has 6 radical (unpaired) electrons. The topological polar surface area (TPSA) is 0 Å². The predicted molar refractivity (Wildman–Crippen MR) is 54.2 cm³/mol. The fourth-order valence-corrected chi connectivity index (χ4v) is 3.26. The summed E-state index contributed by atoms with van der Waals surface area (Å²) in [5, 5.41) is 3.95. The van der Waals surface area contributed by atoms with E-state index in [9.17, 15) is 0 Å². The Hall–Kier alpha value is -0.306. The number of hydrogen-bond donors (Lipinski definition) is 0. The third kappa shape index (κ3) is 1.11. The van der Waals surface area contributed by atoms with E-state index in [0.717, 1.165) is 8.19 Å². The van der Waals surface area contributed by atoms with E-state index in [2.05, 4.69) is 44.8 Å². The van der Waals surface area contributed by atoms with E-state index in [4.69, 9.17) is 0 Å². The standard InChI is InChI=1S/C8H5PSi2/c10-7-5-3-1-2-4-6(5)9-8(7)11/h1-4,9H. The molecule has 0 saturated heterocycles. The molecular weight excluding hydrogens is 183 g/mol. The van der Waals surface area contributed by atoms with Gasteiger partial charge in [0, 0.05) is 0 Å². The zero-order valence-corrected chi connectivity index (χ0v) is 8.81. The lowest BCUT2D eigenvalue weighted by Gasteiger charge is -1.89. The Morgan fingerprint density at radius 2 is 1.82 bits per heavy atom. The Morgan fingerprint density at radius 3 is 2.55 bits per heavy atom. The molecule has 2 rings (SSSR count). The highest BCUT2D eigenvalue weighted by atomic mass is 31.0. The predicted octanol–water partition coefficient (Wildman–Crippen LogP) is 0.459. The van der Waals surface area contributed by atoms with Crippen LogP contribution in [0.15, 0.2) is 24.3 Å². The van der Waals surface area contributed by atoms with E-state index in [1.807, 2.05) is 0 Å². The smallest absolute Gasteiger partial charge is 0.0767 e. The molecule has 0 amide bonds. The van der Waals surface area contributed by atoms with Crippen molar-refractivity contribution in [1.29, 1.82) is 0 Å². The van der Waals surface area contributed by atoms with Crippen molar-refractivity contribution < 1.29 is 0 Å². The van der Waals surface area contributed by atoms with Crippen molar-refractivity contribution in [2.45, 2.75) is 0 Å². The lowest BCUT2D eigenvalue weighted by Crippen LogP contribution is -2.18. The highest BCUT2D eigenvalue weighted by Gasteiger charge is 2.00. The molecular formula is C8H5PSi2. The van der Waals surface area contributed by atoms with Gasteiger partial charge in [-0.15, -0.1) is 8.19 Å². The maximum Gasteiger partial charge on any atom is 0.0767 e. The molecule has 0 spiro atoms. The SMILES string of the molecule is [Si]c1[pH]c2ccccc2c1[Si]. The molecule has 0 bridgehead atoms. The molecule has 11 heavy (non-hydrogen) atoms. The van der Waals surface area contributed by atoms with Crippen LogP contribution >= 0.6 is 8.19 Å². The van der Waals surface area contributed by atoms with E-state index in [-0.39, 0.29) is 0 Å². The van der Waals surface area contributed by atoms with E-state index >= 15 is 0 Å². The van der Waals surface area contributed by atoms with Crippen LogP contribution < -0.4 is 10.1 Å². The first kappa shape index (κ1) is 7.35. The monoisotopic (exact) mass is 188 g/mol. The number of fused-ring (bicyclic) bond motifs is 1. The van der Waals surface area contributed by atoms with Gasteiger partial charge in [0.05, 0.1) is 20.5 Å². The normalized spacial score (nSPS) is 11.5. The molecule has 1 atom stereocenters. The minimum atomic E-state index is 0.778. The molecule has 0 aliphatic carbocycles. The van der Waals surface area contributed by atoms with E-state index in [1.165, 1.54) is 20.6 Å². The fourth-order valence-electron chi connectivity index (χ4n) is 1.14. The van der Waals surface area contributed by atoms with Gasteiger partial charge in [-0.05, 0) is 10.5 Å². The van der Waals surface area contributed by atoms with E-state index in [0.29, 0.717) is 0 Å². The zero-order valence-electron chi connectivity index (χ0n) is 5.81. The van der Waals surface area contributed by atoms with Crippen molar-refractivity contribution in [2.75, 3.05) is 0 Å². The van der Waals surface area contributed by atoms with Gasteiger partial charge in [-0.25, -0.2) is 0 Å². The van der Waals surface area contributed by atoms with E-state index < -0.39 is 0 Å². The lowest BCUT2D eigenvalue weighted by molar-refractivity contribution is 1.87. The Balaban J connectivity index is 2.92. The van der Waals surface area contributed by atoms with Crippen LogP contribution in [-0.4, -0.2) is 20.5 Å². The second-order valence-electron chi connectivity index (χ2n) is 2.42. The molecule has 0 nitrogen and oxygen atoms in total. The summed E-state index contributed by atoms with van der Waals surface area (Å²) in [5.74, 6) is 0. The summed E-state index contributed by atoms with van der Waals surface area (Å²) in [7, 11) is 7.95. The van der Waals surface area contributed by atoms with Gasteiger partial charge in [0.1, 0.15) is 0 Å². The maximum atomic E-state index is 3.59. The molecule has 0 aliphatic rings. The van der Waals surface area contributed by atoms with Crippen LogP contribution in [-0.2, 0) is 0 Å². The third-order valence-electron chi connectivity index (χ3n) is 1.71. The van der Waals surface area contributed by atoms with Crippen LogP contribution in [0, 0.1) is 0 Å². The van der Waals surface area contributed by atoms with Gasteiger partial charge in [0.2, 0.25) is 0 Å². The van der Waals surface area contributed by atoms with Crippen LogP contribution in [0.4, 0.5) is 0 Å². The van der Waals surface area contributed by atoms with E-state index in [1.54, 1.807) is 0 Å². The summed E-state index contributed by atoms with van der Waals surface area (Å²) in [6.45, 7) is 0. The van der Waals surface area contributed by atoms with Crippen molar-refractivity contribution in [1.82, 2.24) is 0 Å². The molecule has 0 N–H and O–H groups in total. The second kappa shape index (κ2) is 2.63. The van der Waals surface area contributed by atoms with Crippen molar-refractivity contribution >= 4 is 49.3 Å². The van der Waals surface area contributed by atoms with Crippen LogP contribution in [0.1, 0.15) is 0 Å². The third-order valence-corrected chi connectivity index (χ3v) is 4.56. The Kier molecular flexibility index (Phi) is 1.76. The summed E-state index contributed by atoms with van der Waals surface area (Å²) in [4.78, 5) is 1.27. The molecule has 0 fully saturated rings. The maximum absolute atomic E-state index is 3.59. The number of rotatable bonds is 0. The highest BCUT2D eigenvalue weighted by molar-refractivity contribution is 7.45. The summed E-state index contributed by atoms with van der Waals surface area (Å²) in [6.07, 6.45) is 0. The second-order valence-corrected chi connectivity index (χ2v) is 5.21. The summed E-state index contributed by atoms with van der Waals surface area (Å²) < 4.78 is 0. The zero-order chi connectivity index (χ0) is 7.84. The molecule has 1 heterocycles. The largest absolute Gasteiger partial charge is 0.133 e. The van der Waals surface area contributed by atoms with Gasteiger partial charge in [-0.3, -0.25) is 0 Å². The van der Waals surface area contributed by atoms with Crippen molar-refractivity contribution in [3.8, 4) is 0 Å². The van der Waals surface area contributed by atoms with Gasteiger partial charge in [-0.1, -0.05) is 34.4 Å². The van der Waals surface area contributed by atoms with Crippen LogP contribution in [0.3, 0.4) is 0 Å². The first-order chi connectivity index (χ1) is 5.29. The van der Waals surface area contributed by atoms with Gasteiger partial charge in [0.15, 0.2) is 0 Å². The highest BCUT2D eigenvalue weighted by Crippen LogP contribution is 2.18. The summed E-state index contributed by atoms with van der Waals surface area (Å²) in [6, 6.07) is 8.45. The molecule has 1 aromatic carbocycles. The summed E-state index contributed by atoms with van der Waals surface area (Å²) >= 11 is 0. The molecule has 50 valence electrons. The lowest BCUT2D eigenvalue weighted by atomic mass is 10.3. The minimum Gasteiger partial charge on any atom is -0.133 e. The summed E-state index contributed by atoms with van der Waals surface area (Å²) in [5.41, 5.74) is 0. The minimum absolute atomic E-state index is 0.778. The van der Waals surface area contributed by atoms with Gasteiger partial charge < -0.3 is 0 Å². The number of hydrogen-bond acceptors (Lipinski definition) is 0. The van der Waals surface area contributed by atoms with Crippen molar-refractivity contribution in [2.24, 2.45) is 0 Å². The number of benzene rings is 1. The first-order valence-electron chi connectivity index (χ1n) is 3.33. The molecule has 3 heteroatoms. The average Bonchev–Trinajstić information content (AvgIpc) is 2.30. The Bertz CT molecular complexity index is 392. The molecule has 0 aliphatic heterocycles. The molecule has 0 saturated carbocycles. The Morgan fingerprint density at radius 1 is 1.09 bits per heavy atom. The molecule has 1 aromatic heterocycles. The van der Waals surface area contributed by atoms with Gasteiger partial charge >= 0.3 is 0 Å². The van der Waals surface area contributed by atoms with Crippen LogP contribution in [0.2, 0.25) is 0 Å². The van der Waals surface area contributed by atoms with Crippen molar-refractivity contribution in [3.05, 3.63) is 24.3 Å². The molecule has 2 aromatic rings. The molecule has 1 unspecified atom stereocenters. The average molecular weight is 188 g/mol. The van der Waals surface area contributed by atoms with Gasteiger partial charge in [-0.2, -0.15) is 0 Å².